The van der Waals surface area contributed by atoms with Gasteiger partial charge in [-0.05, 0) is 37.2 Å². The fourth-order valence-corrected chi connectivity index (χ4v) is 2.57. The third kappa shape index (κ3) is 3.24. The lowest BCUT2D eigenvalue weighted by molar-refractivity contribution is 0.598. The van der Waals surface area contributed by atoms with Crippen molar-refractivity contribution >= 4 is 11.4 Å². The summed E-state index contributed by atoms with van der Waals surface area (Å²) in [6, 6.07) is 18.5. The third-order valence-corrected chi connectivity index (χ3v) is 3.66. The fraction of sp³-hybridized carbons (Fsp3) is 0.278. The van der Waals surface area contributed by atoms with Crippen molar-refractivity contribution in [1.29, 1.82) is 5.26 Å². The van der Waals surface area contributed by atoms with Gasteiger partial charge in [-0.3, -0.25) is 0 Å². The number of nitrogens with one attached hydrogen (secondary N) is 1. The summed E-state index contributed by atoms with van der Waals surface area (Å²) in [5.74, 6) is 0. The molecule has 0 aromatic heterocycles. The standard InChI is InChI=1S/C18H21N3/c1-4-20-14(2)16-10-6-8-12-18(16)21(3)17-11-7-5-9-15(17)13-19/h5-12,14,20H,4H2,1-3H3. The highest BCUT2D eigenvalue weighted by atomic mass is 15.1. The number of rotatable bonds is 5. The largest absolute Gasteiger partial charge is 0.343 e. The van der Waals surface area contributed by atoms with Gasteiger partial charge in [0.15, 0.2) is 0 Å². The third-order valence-electron chi connectivity index (χ3n) is 3.66. The fourth-order valence-electron chi connectivity index (χ4n) is 2.57. The topological polar surface area (TPSA) is 39.1 Å². The molecule has 2 aromatic carbocycles. The maximum Gasteiger partial charge on any atom is 0.101 e. The summed E-state index contributed by atoms with van der Waals surface area (Å²) < 4.78 is 0. The van der Waals surface area contributed by atoms with Gasteiger partial charge in [0.05, 0.1) is 11.3 Å². The van der Waals surface area contributed by atoms with Gasteiger partial charge in [0.2, 0.25) is 0 Å². The van der Waals surface area contributed by atoms with E-state index in [2.05, 4.69) is 48.3 Å². The molecule has 0 radical (unpaired) electrons. The zero-order chi connectivity index (χ0) is 15.2. The Labute approximate surface area is 126 Å². The first-order chi connectivity index (χ1) is 10.2. The second-order valence-corrected chi connectivity index (χ2v) is 5.03. The molecule has 0 aliphatic heterocycles. The van der Waals surface area contributed by atoms with Crippen LogP contribution in [0, 0.1) is 11.3 Å². The van der Waals surface area contributed by atoms with Crippen LogP contribution in [0.4, 0.5) is 11.4 Å². The number of hydrogen-bond donors (Lipinski definition) is 1. The SMILES string of the molecule is CCNC(C)c1ccccc1N(C)c1ccccc1C#N. The molecule has 2 rings (SSSR count). The van der Waals surface area contributed by atoms with E-state index in [1.54, 1.807) is 0 Å². The molecule has 0 aliphatic carbocycles. The Bertz CT molecular complexity index is 643. The smallest absolute Gasteiger partial charge is 0.101 e. The molecular weight excluding hydrogens is 258 g/mol. The number of benzene rings is 2. The minimum Gasteiger partial charge on any atom is -0.343 e. The molecule has 0 saturated heterocycles. The van der Waals surface area contributed by atoms with Crippen molar-refractivity contribution in [2.75, 3.05) is 18.5 Å². The Balaban J connectivity index is 2.44. The summed E-state index contributed by atoms with van der Waals surface area (Å²) in [7, 11) is 2.01. The zero-order valence-corrected chi connectivity index (χ0v) is 12.8. The molecule has 0 heterocycles. The molecule has 0 saturated carbocycles. The second-order valence-electron chi connectivity index (χ2n) is 5.03. The molecule has 0 fully saturated rings. The van der Waals surface area contributed by atoms with E-state index in [4.69, 9.17) is 0 Å². The Morgan fingerprint density at radius 2 is 1.71 bits per heavy atom. The lowest BCUT2D eigenvalue weighted by Gasteiger charge is -2.26. The van der Waals surface area contributed by atoms with Gasteiger partial charge in [0, 0.05) is 18.8 Å². The van der Waals surface area contributed by atoms with Gasteiger partial charge in [-0.2, -0.15) is 5.26 Å². The van der Waals surface area contributed by atoms with Gasteiger partial charge in [-0.1, -0.05) is 37.3 Å². The molecule has 1 atom stereocenters. The molecule has 0 spiro atoms. The number of nitriles is 1. The summed E-state index contributed by atoms with van der Waals surface area (Å²) in [4.78, 5) is 2.09. The van der Waals surface area contributed by atoms with Crippen LogP contribution in [0.2, 0.25) is 0 Å². The molecule has 3 heteroatoms. The Morgan fingerprint density at radius 1 is 1.10 bits per heavy atom. The van der Waals surface area contributed by atoms with E-state index in [0.717, 1.165) is 17.9 Å². The van der Waals surface area contributed by atoms with Gasteiger partial charge in [0.1, 0.15) is 6.07 Å². The summed E-state index contributed by atoms with van der Waals surface area (Å²) >= 11 is 0. The summed E-state index contributed by atoms with van der Waals surface area (Å²) in [5, 5.41) is 12.7. The van der Waals surface area contributed by atoms with Crippen LogP contribution in [-0.2, 0) is 0 Å². The molecule has 2 aromatic rings. The minimum absolute atomic E-state index is 0.267. The summed E-state index contributed by atoms with van der Waals surface area (Å²) in [5.41, 5.74) is 3.96. The number of para-hydroxylation sites is 2. The molecule has 1 N–H and O–H groups in total. The molecule has 0 amide bonds. The first-order valence-corrected chi connectivity index (χ1v) is 7.24. The summed E-state index contributed by atoms with van der Waals surface area (Å²) in [6.07, 6.45) is 0. The van der Waals surface area contributed by atoms with Crippen LogP contribution in [0.5, 0.6) is 0 Å². The van der Waals surface area contributed by atoms with Crippen molar-refractivity contribution in [3.8, 4) is 6.07 Å². The van der Waals surface area contributed by atoms with E-state index in [-0.39, 0.29) is 6.04 Å². The molecule has 0 aliphatic rings. The average molecular weight is 279 g/mol. The molecule has 3 nitrogen and oxygen atoms in total. The van der Waals surface area contributed by atoms with E-state index in [1.165, 1.54) is 5.56 Å². The van der Waals surface area contributed by atoms with Crippen molar-refractivity contribution in [2.24, 2.45) is 0 Å². The quantitative estimate of drug-likeness (QED) is 0.899. The Kier molecular flexibility index (Phi) is 4.97. The van der Waals surface area contributed by atoms with Crippen molar-refractivity contribution in [1.82, 2.24) is 5.32 Å². The van der Waals surface area contributed by atoms with Crippen LogP contribution < -0.4 is 10.2 Å². The van der Waals surface area contributed by atoms with Crippen molar-refractivity contribution in [3.05, 3.63) is 59.7 Å². The maximum absolute atomic E-state index is 9.29. The van der Waals surface area contributed by atoms with Gasteiger partial charge >= 0.3 is 0 Å². The van der Waals surface area contributed by atoms with Crippen LogP contribution in [0.25, 0.3) is 0 Å². The van der Waals surface area contributed by atoms with Crippen molar-refractivity contribution in [2.45, 2.75) is 19.9 Å². The highest BCUT2D eigenvalue weighted by molar-refractivity contribution is 5.71. The van der Waals surface area contributed by atoms with Crippen LogP contribution in [0.1, 0.15) is 31.0 Å². The first kappa shape index (κ1) is 15.1. The predicted octanol–water partition coefficient (Wildman–Crippen LogP) is 4.00. The summed E-state index contributed by atoms with van der Waals surface area (Å²) in [6.45, 7) is 5.19. The van der Waals surface area contributed by atoms with E-state index in [1.807, 2.05) is 37.4 Å². The monoisotopic (exact) mass is 279 g/mol. The lowest BCUT2D eigenvalue weighted by atomic mass is 10.0. The van der Waals surface area contributed by atoms with Crippen LogP contribution >= 0.6 is 0 Å². The Hall–Kier alpha value is -2.31. The number of hydrogen-bond acceptors (Lipinski definition) is 3. The highest BCUT2D eigenvalue weighted by Crippen LogP contribution is 2.32. The molecule has 108 valence electrons. The van der Waals surface area contributed by atoms with Crippen LogP contribution in [0.15, 0.2) is 48.5 Å². The van der Waals surface area contributed by atoms with E-state index < -0.39 is 0 Å². The van der Waals surface area contributed by atoms with E-state index in [0.29, 0.717) is 5.56 Å². The Morgan fingerprint density at radius 3 is 2.38 bits per heavy atom. The van der Waals surface area contributed by atoms with Crippen molar-refractivity contribution < 1.29 is 0 Å². The van der Waals surface area contributed by atoms with Crippen LogP contribution in [0.3, 0.4) is 0 Å². The molecule has 1 unspecified atom stereocenters. The molecule has 0 bridgehead atoms. The maximum atomic E-state index is 9.29. The van der Waals surface area contributed by atoms with Gasteiger partial charge in [-0.25, -0.2) is 0 Å². The molecule has 21 heavy (non-hydrogen) atoms. The number of anilines is 2. The van der Waals surface area contributed by atoms with E-state index >= 15 is 0 Å². The average Bonchev–Trinajstić information content (AvgIpc) is 2.54. The van der Waals surface area contributed by atoms with Crippen LogP contribution in [-0.4, -0.2) is 13.6 Å². The van der Waals surface area contributed by atoms with Gasteiger partial charge < -0.3 is 10.2 Å². The molecular formula is C18H21N3. The normalized spacial score (nSPS) is 11.7. The zero-order valence-electron chi connectivity index (χ0n) is 12.8. The van der Waals surface area contributed by atoms with E-state index in [9.17, 15) is 5.26 Å². The van der Waals surface area contributed by atoms with Gasteiger partial charge in [-0.15, -0.1) is 0 Å². The van der Waals surface area contributed by atoms with Crippen molar-refractivity contribution in [3.63, 3.8) is 0 Å². The lowest BCUT2D eigenvalue weighted by Crippen LogP contribution is -2.21. The first-order valence-electron chi connectivity index (χ1n) is 7.24. The predicted molar refractivity (Wildman–Crippen MR) is 87.8 cm³/mol. The van der Waals surface area contributed by atoms with Gasteiger partial charge in [0.25, 0.3) is 0 Å². The minimum atomic E-state index is 0.267. The highest BCUT2D eigenvalue weighted by Gasteiger charge is 2.15. The number of nitrogens with zero attached hydrogens (tertiary/aromatic N) is 2. The second kappa shape index (κ2) is 6.92.